The number of ketones is 2. The molecule has 1 saturated carbocycles. The molecule has 2 aromatic carbocycles. The molecule has 1 fully saturated rings. The van der Waals surface area contributed by atoms with Crippen LogP contribution in [0.4, 0.5) is 26.3 Å². The van der Waals surface area contributed by atoms with E-state index in [2.05, 4.69) is 25.7 Å². The molecule has 25 heteroatoms. The number of carbonyl (C=O) groups excluding carboxylic acids is 5. The van der Waals surface area contributed by atoms with Gasteiger partial charge in [0.1, 0.15) is 54.2 Å². The number of carbonyl (C=O) groups is 5. The van der Waals surface area contributed by atoms with Crippen LogP contribution >= 0.6 is 0 Å². The summed E-state index contributed by atoms with van der Waals surface area (Å²) in [5.41, 5.74) is -2.38. The fourth-order valence-corrected chi connectivity index (χ4v) is 7.11. The van der Waals surface area contributed by atoms with Crippen molar-refractivity contribution in [1.82, 2.24) is 40.4 Å². The second-order valence-electron chi connectivity index (χ2n) is 15.3. The maximum Gasteiger partial charge on any atom is 0.432 e. The van der Waals surface area contributed by atoms with Gasteiger partial charge in [0.15, 0.2) is 5.78 Å². The number of hydrogen-bond acceptors (Lipinski definition) is 15. The maximum absolute atomic E-state index is 13.3. The summed E-state index contributed by atoms with van der Waals surface area (Å²) >= 11 is 0. The van der Waals surface area contributed by atoms with Gasteiger partial charge >= 0.3 is 12.4 Å². The largest absolute Gasteiger partial charge is 0.506 e. The number of fused-ring (bicyclic) bond motifs is 1. The van der Waals surface area contributed by atoms with E-state index in [9.17, 15) is 55.4 Å². The van der Waals surface area contributed by atoms with E-state index in [0.29, 0.717) is 63.6 Å². The van der Waals surface area contributed by atoms with Gasteiger partial charge in [-0.3, -0.25) is 39.0 Å². The summed E-state index contributed by atoms with van der Waals surface area (Å²) in [5, 5.41) is 26.9. The number of aromatic amines is 1. The molecule has 0 radical (unpaired) electrons. The van der Waals surface area contributed by atoms with E-state index in [-0.39, 0.29) is 96.4 Å². The Morgan fingerprint density at radius 2 is 1.61 bits per heavy atom. The van der Waals surface area contributed by atoms with E-state index >= 15 is 0 Å². The molecule has 3 aromatic heterocycles. The van der Waals surface area contributed by atoms with Crippen molar-refractivity contribution in [1.29, 1.82) is 0 Å². The third-order valence-electron chi connectivity index (χ3n) is 10.4. The third kappa shape index (κ3) is 13.1. The van der Waals surface area contributed by atoms with Gasteiger partial charge in [0.05, 0.1) is 79.5 Å². The SMILES string of the molecule is CCOCC(=O)NCCOc1ccc(-c2cc(C(F)(F)F)[nH]n2)c(O)c1-c1cncc(C(F)(F)F)c1.CCOCCOCCn1cc(COc2cccc3c2C(=O)N(C2CCC(=O)CC2=O)C3=O)nn1. The van der Waals surface area contributed by atoms with E-state index in [1.165, 1.54) is 18.2 Å². The Morgan fingerprint density at radius 3 is 2.33 bits per heavy atom. The molecule has 4 heterocycles. The second-order valence-corrected chi connectivity index (χ2v) is 15.3. The number of aromatic nitrogens is 6. The van der Waals surface area contributed by atoms with Crippen molar-refractivity contribution >= 4 is 29.3 Å². The zero-order valence-corrected chi connectivity index (χ0v) is 37.5. The number of ether oxygens (including phenoxy) is 5. The molecular weight excluding hydrogens is 943 g/mol. The zero-order chi connectivity index (χ0) is 50.6. The lowest BCUT2D eigenvalue weighted by molar-refractivity contribution is -0.141. The molecule has 0 bridgehead atoms. The highest BCUT2D eigenvalue weighted by Crippen LogP contribution is 2.45. The molecule has 1 aliphatic carbocycles. The number of imide groups is 1. The topological polar surface area (TPSA) is 239 Å². The number of halogens is 6. The number of nitrogens with zero attached hydrogens (tertiary/aromatic N) is 6. The molecule has 70 heavy (non-hydrogen) atoms. The number of pyridine rings is 1. The number of aromatic hydroxyl groups is 1. The Labute approximate surface area is 394 Å². The van der Waals surface area contributed by atoms with Crippen LogP contribution < -0.4 is 14.8 Å². The first-order valence-electron chi connectivity index (χ1n) is 21.6. The maximum atomic E-state index is 13.3. The molecular formula is C45H46F6N8O11. The number of Topliss-reactive ketones (excluding diaryl/α,β-unsaturated/α-hetero) is 2. The lowest BCUT2D eigenvalue weighted by Crippen LogP contribution is -2.47. The minimum atomic E-state index is -4.74. The van der Waals surface area contributed by atoms with Crippen molar-refractivity contribution in [3.05, 3.63) is 89.1 Å². The zero-order valence-electron chi connectivity index (χ0n) is 37.5. The average molecular weight is 989 g/mol. The van der Waals surface area contributed by atoms with Gasteiger partial charge < -0.3 is 34.1 Å². The third-order valence-corrected chi connectivity index (χ3v) is 10.4. The number of H-pyrrole nitrogens is 1. The van der Waals surface area contributed by atoms with Crippen LogP contribution in [0.1, 0.15) is 70.8 Å². The fraction of sp³-hybridized carbons (Fsp3) is 0.400. The molecule has 1 unspecified atom stereocenters. The monoisotopic (exact) mass is 988 g/mol. The molecule has 3 N–H and O–H groups in total. The summed E-state index contributed by atoms with van der Waals surface area (Å²) in [6.07, 6.45) is -6.08. The Bertz CT molecular complexity index is 2670. The number of nitrogens with one attached hydrogen (secondary N) is 2. The van der Waals surface area contributed by atoms with Gasteiger partial charge in [0.25, 0.3) is 11.8 Å². The molecule has 374 valence electrons. The molecule has 0 saturated heterocycles. The molecule has 1 aliphatic heterocycles. The highest BCUT2D eigenvalue weighted by molar-refractivity contribution is 6.24. The molecule has 5 aromatic rings. The van der Waals surface area contributed by atoms with Crippen LogP contribution in [0.15, 0.2) is 61.1 Å². The lowest BCUT2D eigenvalue weighted by Gasteiger charge is -2.27. The predicted molar refractivity (Wildman–Crippen MR) is 230 cm³/mol. The fourth-order valence-electron chi connectivity index (χ4n) is 7.11. The first-order chi connectivity index (χ1) is 33.4. The van der Waals surface area contributed by atoms with Crippen molar-refractivity contribution in [3.8, 4) is 39.6 Å². The Morgan fingerprint density at radius 1 is 0.857 bits per heavy atom. The second kappa shape index (κ2) is 23.4. The standard InChI is InChI=1S/C23H26N4O7.C22H20F6N4O4/c1-2-32-10-11-33-9-8-26-13-15(24-25-26)14-34-20-5-3-4-17-21(20)23(31)27(22(17)30)18-7-6-16(28)12-19(18)29;1-2-35-11-18(33)30-5-6-36-16-4-3-14(15-8-17(32-31-15)22(26,27)28)20(34)19(16)12-7-13(10-29-9-12)21(23,24)25/h3-5,13,18H,2,6-12,14H2,1H3;3-4,7-10,34H,2,5-6,11H2,1H3,(H,30,33)(H,31,32). The van der Waals surface area contributed by atoms with Crippen LogP contribution in [-0.4, -0.2) is 128 Å². The summed E-state index contributed by atoms with van der Waals surface area (Å²) in [6.45, 7) is 6.38. The minimum absolute atomic E-state index is 0.00299. The van der Waals surface area contributed by atoms with E-state index in [0.717, 1.165) is 11.1 Å². The Balaban J connectivity index is 0.000000230. The van der Waals surface area contributed by atoms with Crippen molar-refractivity contribution in [2.75, 3.05) is 52.8 Å². The highest BCUT2D eigenvalue weighted by atomic mass is 19.4. The summed E-state index contributed by atoms with van der Waals surface area (Å²) in [4.78, 5) is 66.1. The first-order valence-corrected chi connectivity index (χ1v) is 21.6. The van der Waals surface area contributed by atoms with Gasteiger partial charge in [0, 0.05) is 43.2 Å². The number of amides is 3. The van der Waals surface area contributed by atoms with Crippen molar-refractivity contribution < 1.29 is 79.1 Å². The summed E-state index contributed by atoms with van der Waals surface area (Å²) in [5.74, 6) is -2.67. The molecule has 1 atom stereocenters. The van der Waals surface area contributed by atoms with Gasteiger partial charge in [-0.1, -0.05) is 11.3 Å². The Hall–Kier alpha value is -7.25. The quantitative estimate of drug-likeness (QED) is 0.0372. The van der Waals surface area contributed by atoms with E-state index < -0.39 is 58.9 Å². The average Bonchev–Trinajstić information content (AvgIpc) is 4.07. The highest BCUT2D eigenvalue weighted by Gasteiger charge is 2.46. The summed E-state index contributed by atoms with van der Waals surface area (Å²) in [6, 6.07) is 7.65. The lowest BCUT2D eigenvalue weighted by atomic mass is 9.92. The number of phenols is 1. The molecule has 0 spiro atoms. The van der Waals surface area contributed by atoms with Crippen molar-refractivity contribution in [2.45, 2.75) is 64.7 Å². The van der Waals surface area contributed by atoms with Crippen LogP contribution in [0.25, 0.3) is 22.4 Å². The van der Waals surface area contributed by atoms with Crippen LogP contribution in [-0.2, 0) is 54.1 Å². The van der Waals surface area contributed by atoms with E-state index in [1.807, 2.05) is 12.0 Å². The van der Waals surface area contributed by atoms with Crippen LogP contribution in [0, 0.1) is 0 Å². The van der Waals surface area contributed by atoms with Crippen molar-refractivity contribution in [3.63, 3.8) is 0 Å². The van der Waals surface area contributed by atoms with Gasteiger partial charge in [-0.25, -0.2) is 4.68 Å². The molecule has 3 amide bonds. The molecule has 19 nitrogen and oxygen atoms in total. The smallest absolute Gasteiger partial charge is 0.432 e. The van der Waals surface area contributed by atoms with Gasteiger partial charge in [-0.2, -0.15) is 31.4 Å². The number of alkyl halides is 6. The van der Waals surface area contributed by atoms with E-state index in [1.54, 1.807) is 29.9 Å². The number of rotatable bonds is 20. The van der Waals surface area contributed by atoms with Gasteiger partial charge in [0.2, 0.25) is 5.91 Å². The Kier molecular flexibility index (Phi) is 17.4. The summed E-state index contributed by atoms with van der Waals surface area (Å²) in [7, 11) is 0. The summed E-state index contributed by atoms with van der Waals surface area (Å²) < 4.78 is 107. The minimum Gasteiger partial charge on any atom is -0.506 e. The van der Waals surface area contributed by atoms with Crippen molar-refractivity contribution in [2.24, 2.45) is 0 Å². The normalized spacial score (nSPS) is 14.9. The van der Waals surface area contributed by atoms with Gasteiger partial charge in [-0.15, -0.1) is 5.10 Å². The van der Waals surface area contributed by atoms with Gasteiger partial charge in [-0.05, 0) is 56.7 Å². The first kappa shape index (κ1) is 52.1. The van der Waals surface area contributed by atoms with E-state index in [4.69, 9.17) is 23.7 Å². The van der Waals surface area contributed by atoms with Crippen LogP contribution in [0.3, 0.4) is 0 Å². The van der Waals surface area contributed by atoms with Crippen LogP contribution in [0.5, 0.6) is 17.2 Å². The molecule has 2 aliphatic rings. The number of benzene rings is 2. The predicted octanol–water partition coefficient (Wildman–Crippen LogP) is 5.61. The molecule has 7 rings (SSSR count). The van der Waals surface area contributed by atoms with Crippen LogP contribution in [0.2, 0.25) is 0 Å². The number of hydrogen-bond donors (Lipinski definition) is 3. The number of phenolic OH excluding ortho intramolecular Hbond substituents is 1.